The summed E-state index contributed by atoms with van der Waals surface area (Å²) in [6.45, 7) is 2.81. The van der Waals surface area contributed by atoms with E-state index in [1.807, 2.05) is 60.7 Å². The highest BCUT2D eigenvalue weighted by Gasteiger charge is 2.41. The first-order chi connectivity index (χ1) is 15.9. The molecule has 4 rings (SSSR count). The van der Waals surface area contributed by atoms with Crippen LogP contribution in [0.25, 0.3) is 0 Å². The zero-order valence-corrected chi connectivity index (χ0v) is 22.5. The first kappa shape index (κ1) is 26.7. The standard InChI is InChI=1S/C29H32ClN2O.HI/c1-32(21-18-29(33,19-22-32)26-13-15-27(30)16-14-26)20-8-17-28(23-31,24-9-4-2-5-10-24)25-11-6-3-7-12-25;/h2-7,9-16,33H,8,17-22H2,1H3;1H/q+1;/p-1. The van der Waals surface area contributed by atoms with Gasteiger partial charge in [-0.3, -0.25) is 0 Å². The molecule has 0 atom stereocenters. The molecular formula is C29H32ClIN2O. The summed E-state index contributed by atoms with van der Waals surface area (Å²) < 4.78 is 0.918. The topological polar surface area (TPSA) is 44.0 Å². The van der Waals surface area contributed by atoms with Crippen molar-refractivity contribution in [1.29, 1.82) is 5.26 Å². The van der Waals surface area contributed by atoms with Crippen LogP contribution in [0.1, 0.15) is 42.4 Å². The fraction of sp³-hybridized carbons (Fsp3) is 0.345. The predicted molar refractivity (Wildman–Crippen MR) is 134 cm³/mol. The van der Waals surface area contributed by atoms with Crippen LogP contribution >= 0.6 is 11.6 Å². The van der Waals surface area contributed by atoms with Gasteiger partial charge in [-0.05, 0) is 41.7 Å². The third kappa shape index (κ3) is 5.66. The van der Waals surface area contributed by atoms with Gasteiger partial charge < -0.3 is 33.6 Å². The summed E-state index contributed by atoms with van der Waals surface area (Å²) in [7, 11) is 2.28. The van der Waals surface area contributed by atoms with Crippen molar-refractivity contribution in [1.82, 2.24) is 0 Å². The molecule has 1 aliphatic rings. The summed E-state index contributed by atoms with van der Waals surface area (Å²) in [6, 6.07) is 30.6. The van der Waals surface area contributed by atoms with Gasteiger partial charge in [0.15, 0.2) is 0 Å². The van der Waals surface area contributed by atoms with Gasteiger partial charge >= 0.3 is 0 Å². The first-order valence-electron chi connectivity index (χ1n) is 11.7. The summed E-state index contributed by atoms with van der Waals surface area (Å²) >= 11 is 6.03. The van der Waals surface area contributed by atoms with Crippen LogP contribution in [0.3, 0.4) is 0 Å². The van der Waals surface area contributed by atoms with Crippen LogP contribution in [-0.2, 0) is 11.0 Å². The molecule has 1 saturated heterocycles. The Hall–Kier alpha value is -1.91. The van der Waals surface area contributed by atoms with Crippen molar-refractivity contribution >= 4 is 11.6 Å². The Kier molecular flexibility index (Phi) is 8.81. The molecule has 3 aromatic rings. The molecule has 0 radical (unpaired) electrons. The summed E-state index contributed by atoms with van der Waals surface area (Å²) in [6.07, 6.45) is 3.16. The van der Waals surface area contributed by atoms with Crippen LogP contribution in [0.5, 0.6) is 0 Å². The van der Waals surface area contributed by atoms with E-state index in [9.17, 15) is 10.4 Å². The average molecular weight is 587 g/mol. The zero-order chi connectivity index (χ0) is 23.4. The molecule has 178 valence electrons. The SMILES string of the molecule is C[N+]1(CCCC(C#N)(c2ccccc2)c2ccccc2)CCC(O)(c2ccc(Cl)cc2)CC1.[I-]. The smallest absolute Gasteiger partial charge is 0.107 e. The Morgan fingerprint density at radius 1 is 0.912 bits per heavy atom. The average Bonchev–Trinajstić information content (AvgIpc) is 2.86. The van der Waals surface area contributed by atoms with Gasteiger partial charge in [0, 0.05) is 17.9 Å². The van der Waals surface area contributed by atoms with Gasteiger partial charge in [0.2, 0.25) is 0 Å². The van der Waals surface area contributed by atoms with Crippen molar-refractivity contribution in [2.24, 2.45) is 0 Å². The van der Waals surface area contributed by atoms with Crippen molar-refractivity contribution in [3.8, 4) is 6.07 Å². The molecule has 0 saturated carbocycles. The molecule has 1 N–H and O–H groups in total. The Morgan fingerprint density at radius 3 is 1.88 bits per heavy atom. The molecule has 0 spiro atoms. The molecule has 1 aliphatic heterocycles. The fourth-order valence-electron chi connectivity index (χ4n) is 5.23. The summed E-state index contributed by atoms with van der Waals surface area (Å²) in [5.41, 5.74) is 1.62. The Morgan fingerprint density at radius 2 is 1.41 bits per heavy atom. The van der Waals surface area contributed by atoms with Gasteiger partial charge in [-0.2, -0.15) is 5.26 Å². The number of hydrogen-bond donors (Lipinski definition) is 1. The van der Waals surface area contributed by atoms with E-state index in [2.05, 4.69) is 37.4 Å². The van der Waals surface area contributed by atoms with Gasteiger partial charge in [0.1, 0.15) is 11.0 Å². The summed E-state index contributed by atoms with van der Waals surface area (Å²) in [5.74, 6) is 0. The van der Waals surface area contributed by atoms with Gasteiger partial charge in [-0.25, -0.2) is 0 Å². The quantitative estimate of drug-likeness (QED) is 0.342. The van der Waals surface area contributed by atoms with E-state index < -0.39 is 11.0 Å². The Balaban J connectivity index is 0.00000324. The van der Waals surface area contributed by atoms with Crippen molar-refractivity contribution in [2.75, 3.05) is 26.7 Å². The maximum absolute atomic E-state index is 11.3. The monoisotopic (exact) mass is 586 g/mol. The molecule has 0 aromatic heterocycles. The number of quaternary nitrogens is 1. The summed E-state index contributed by atoms with van der Waals surface area (Å²) in [4.78, 5) is 0. The lowest BCUT2D eigenvalue weighted by Crippen LogP contribution is -3.00. The molecule has 0 unspecified atom stereocenters. The second kappa shape index (κ2) is 11.2. The largest absolute Gasteiger partial charge is 1.00 e. The molecular weight excluding hydrogens is 555 g/mol. The number of hydrogen-bond acceptors (Lipinski definition) is 2. The highest BCUT2D eigenvalue weighted by molar-refractivity contribution is 6.30. The summed E-state index contributed by atoms with van der Waals surface area (Å²) in [5, 5.41) is 22.4. The van der Waals surface area contributed by atoms with Gasteiger partial charge in [0.25, 0.3) is 0 Å². The highest BCUT2D eigenvalue weighted by atomic mass is 127. The lowest BCUT2D eigenvalue weighted by molar-refractivity contribution is -0.917. The molecule has 5 heteroatoms. The third-order valence-electron chi connectivity index (χ3n) is 7.49. The third-order valence-corrected chi connectivity index (χ3v) is 7.74. The number of aliphatic hydroxyl groups is 1. The van der Waals surface area contributed by atoms with Crippen LogP contribution in [0, 0.1) is 11.3 Å². The molecule has 34 heavy (non-hydrogen) atoms. The van der Waals surface area contributed by atoms with E-state index in [1.54, 1.807) is 0 Å². The number of nitrogens with zero attached hydrogens (tertiary/aromatic N) is 2. The fourth-order valence-corrected chi connectivity index (χ4v) is 5.36. The first-order valence-corrected chi connectivity index (χ1v) is 12.1. The van der Waals surface area contributed by atoms with Crippen LogP contribution in [0.2, 0.25) is 5.02 Å². The Labute approximate surface area is 225 Å². The minimum absolute atomic E-state index is 0. The maximum Gasteiger partial charge on any atom is 0.107 e. The van der Waals surface area contributed by atoms with Crippen LogP contribution in [0.4, 0.5) is 0 Å². The van der Waals surface area contributed by atoms with Crippen LogP contribution in [-0.4, -0.2) is 36.3 Å². The number of benzene rings is 3. The van der Waals surface area contributed by atoms with E-state index in [4.69, 9.17) is 11.6 Å². The molecule has 3 aromatic carbocycles. The number of halogens is 2. The molecule has 0 amide bonds. The number of piperidine rings is 1. The normalized spacial score (nSPS) is 22.4. The lowest BCUT2D eigenvalue weighted by atomic mass is 9.72. The molecule has 0 bridgehead atoms. The molecule has 3 nitrogen and oxygen atoms in total. The molecule has 1 fully saturated rings. The number of rotatable bonds is 7. The van der Waals surface area contributed by atoms with Gasteiger partial charge in [-0.15, -0.1) is 0 Å². The van der Waals surface area contributed by atoms with E-state index in [-0.39, 0.29) is 24.0 Å². The van der Waals surface area contributed by atoms with E-state index in [0.29, 0.717) is 5.02 Å². The molecule has 0 aliphatic carbocycles. The van der Waals surface area contributed by atoms with E-state index in [1.165, 1.54) is 0 Å². The maximum atomic E-state index is 11.3. The van der Waals surface area contributed by atoms with Crippen LogP contribution < -0.4 is 24.0 Å². The van der Waals surface area contributed by atoms with E-state index >= 15 is 0 Å². The Bertz CT molecular complexity index is 1050. The van der Waals surface area contributed by atoms with Crippen molar-refractivity contribution in [3.63, 3.8) is 0 Å². The van der Waals surface area contributed by atoms with Crippen LogP contribution in [0.15, 0.2) is 84.9 Å². The second-order valence-corrected chi connectivity index (χ2v) is 10.1. The van der Waals surface area contributed by atoms with Crippen molar-refractivity contribution in [3.05, 3.63) is 107 Å². The van der Waals surface area contributed by atoms with E-state index in [0.717, 1.165) is 66.5 Å². The highest BCUT2D eigenvalue weighted by Crippen LogP contribution is 2.38. The van der Waals surface area contributed by atoms with Crippen molar-refractivity contribution < 1.29 is 33.6 Å². The number of nitriles is 1. The second-order valence-electron chi connectivity index (χ2n) is 9.68. The van der Waals surface area contributed by atoms with Gasteiger partial charge in [-0.1, -0.05) is 84.4 Å². The lowest BCUT2D eigenvalue weighted by Gasteiger charge is -2.45. The van der Waals surface area contributed by atoms with Gasteiger partial charge in [0.05, 0.1) is 32.8 Å². The van der Waals surface area contributed by atoms with Crippen molar-refractivity contribution in [2.45, 2.75) is 36.7 Å². The number of likely N-dealkylation sites (tertiary alicyclic amines) is 1. The predicted octanol–water partition coefficient (Wildman–Crippen LogP) is 3.06. The minimum atomic E-state index is -0.785. The minimum Gasteiger partial charge on any atom is -1.00 e. The zero-order valence-electron chi connectivity index (χ0n) is 19.6. The molecule has 1 heterocycles.